The van der Waals surface area contributed by atoms with Crippen molar-refractivity contribution in [3.63, 3.8) is 0 Å². The molecule has 1 amide bonds. The molecule has 2 fully saturated rings. The predicted octanol–water partition coefficient (Wildman–Crippen LogP) is 2.40. The Kier molecular flexibility index (Phi) is 3.66. The lowest BCUT2D eigenvalue weighted by atomic mass is 9.71. The number of halogens is 2. The number of ether oxygens (including phenoxy) is 1. The van der Waals surface area contributed by atoms with Gasteiger partial charge in [0.2, 0.25) is 5.91 Å². The Hall–Kier alpha value is -0.110. The fourth-order valence-corrected chi connectivity index (χ4v) is 5.05. The molecule has 3 aliphatic rings. The number of hydrogen-bond donors (Lipinski definition) is 0. The Balaban J connectivity index is 1.99. The van der Waals surface area contributed by atoms with Crippen LogP contribution >= 0.6 is 38.5 Å². The summed E-state index contributed by atoms with van der Waals surface area (Å²) in [6.45, 7) is 0.723. The van der Waals surface area contributed by atoms with Crippen LogP contribution in [-0.4, -0.2) is 38.7 Å². The smallest absolute Gasteiger partial charge is 0.319 e. The number of rotatable bonds is 2. The molecule has 0 N–H and O–H groups in total. The van der Waals surface area contributed by atoms with Crippen LogP contribution in [0.5, 0.6) is 0 Å². The van der Waals surface area contributed by atoms with Crippen LogP contribution in [0.2, 0.25) is 0 Å². The molecule has 3 atom stereocenters. The van der Waals surface area contributed by atoms with Gasteiger partial charge in [-0.15, -0.1) is 0 Å². The summed E-state index contributed by atoms with van der Waals surface area (Å²) in [6, 6.07) is 0. The number of alkyl halides is 2. The third-order valence-corrected chi connectivity index (χ3v) is 6.54. The predicted molar refractivity (Wildman–Crippen MR) is 82.2 cm³/mol. The highest BCUT2D eigenvalue weighted by atomic mass is 127. The van der Waals surface area contributed by atoms with Crippen LogP contribution in [-0.2, 0) is 14.3 Å². The summed E-state index contributed by atoms with van der Waals surface area (Å²) in [5, 5.41) is 0.656. The third-order valence-electron chi connectivity index (χ3n) is 4.27. The molecule has 0 unspecified atom stereocenters. The molecule has 0 aromatic heterocycles. The van der Waals surface area contributed by atoms with Crippen LogP contribution in [0.3, 0.4) is 0 Å². The number of amides is 1. The molecule has 6 heteroatoms. The Morgan fingerprint density at radius 2 is 2.42 bits per heavy atom. The standard InChI is InChI=1S/C13H15BrINO3/c14-6-4-10(17)16-7-1-5-13-9(16)3-2-8(11(13)15)19-12(13)18/h3,8,11H,1-2,4-7H2/t8-,11-,13+/m1/s1. The zero-order valence-electron chi connectivity index (χ0n) is 10.4. The number of nitrogens with zero attached hydrogens (tertiary/aromatic N) is 1. The highest BCUT2D eigenvalue weighted by Crippen LogP contribution is 2.55. The first-order valence-electron chi connectivity index (χ1n) is 6.53. The number of esters is 1. The quantitative estimate of drug-likeness (QED) is 0.377. The third kappa shape index (κ3) is 1.89. The number of hydrogen-bond acceptors (Lipinski definition) is 3. The van der Waals surface area contributed by atoms with E-state index in [1.807, 2.05) is 4.90 Å². The first kappa shape index (κ1) is 13.9. The van der Waals surface area contributed by atoms with Gasteiger partial charge in [0.15, 0.2) is 0 Å². The van der Waals surface area contributed by atoms with E-state index >= 15 is 0 Å². The number of fused-ring (bicyclic) bond motifs is 1. The summed E-state index contributed by atoms with van der Waals surface area (Å²) >= 11 is 5.64. The fraction of sp³-hybridized carbons (Fsp3) is 0.692. The van der Waals surface area contributed by atoms with Gasteiger partial charge in [-0.05, 0) is 12.8 Å². The van der Waals surface area contributed by atoms with Gasteiger partial charge < -0.3 is 9.64 Å². The van der Waals surface area contributed by atoms with Crippen LogP contribution in [0.25, 0.3) is 0 Å². The van der Waals surface area contributed by atoms with Crippen molar-refractivity contribution in [1.82, 2.24) is 4.90 Å². The molecule has 0 saturated carbocycles. The minimum absolute atomic E-state index is 0.0110. The van der Waals surface area contributed by atoms with Crippen molar-refractivity contribution in [2.24, 2.45) is 5.41 Å². The van der Waals surface area contributed by atoms with Crippen molar-refractivity contribution < 1.29 is 14.3 Å². The van der Waals surface area contributed by atoms with E-state index in [4.69, 9.17) is 4.74 Å². The summed E-state index contributed by atoms with van der Waals surface area (Å²) < 4.78 is 5.65. The van der Waals surface area contributed by atoms with E-state index in [0.717, 1.165) is 31.5 Å². The SMILES string of the molecule is O=C(CCBr)N1CCC[C@]23C(=O)O[C@H](CC=C12)[C@H]3I. The van der Waals surface area contributed by atoms with E-state index in [1.54, 1.807) is 0 Å². The van der Waals surface area contributed by atoms with Crippen LogP contribution in [0.4, 0.5) is 0 Å². The van der Waals surface area contributed by atoms with Gasteiger partial charge in [-0.1, -0.05) is 44.6 Å². The molecule has 1 spiro atoms. The summed E-state index contributed by atoms with van der Waals surface area (Å²) in [7, 11) is 0. The zero-order chi connectivity index (χ0) is 13.6. The summed E-state index contributed by atoms with van der Waals surface area (Å²) in [5.41, 5.74) is 0.340. The molecule has 3 rings (SSSR count). The van der Waals surface area contributed by atoms with Gasteiger partial charge >= 0.3 is 5.97 Å². The maximum atomic E-state index is 12.3. The molecule has 0 aromatic carbocycles. The molecule has 19 heavy (non-hydrogen) atoms. The Morgan fingerprint density at radius 3 is 3.16 bits per heavy atom. The fourth-order valence-electron chi connectivity index (χ4n) is 3.39. The molecular weight excluding hydrogens is 425 g/mol. The second-order valence-corrected chi connectivity index (χ2v) is 7.36. The Labute approximate surface area is 134 Å². The Morgan fingerprint density at radius 1 is 1.63 bits per heavy atom. The monoisotopic (exact) mass is 439 g/mol. The van der Waals surface area contributed by atoms with E-state index in [2.05, 4.69) is 44.6 Å². The average molecular weight is 440 g/mol. The molecular formula is C13H15BrINO3. The van der Waals surface area contributed by atoms with Gasteiger partial charge in [0, 0.05) is 30.4 Å². The molecule has 4 nitrogen and oxygen atoms in total. The first-order valence-corrected chi connectivity index (χ1v) is 8.90. The number of piperidine rings is 1. The number of carbonyl (C=O) groups is 2. The van der Waals surface area contributed by atoms with Crippen LogP contribution in [0, 0.1) is 5.41 Å². The normalized spacial score (nSPS) is 36.6. The van der Waals surface area contributed by atoms with E-state index in [1.165, 1.54) is 0 Å². The van der Waals surface area contributed by atoms with E-state index < -0.39 is 5.41 Å². The van der Waals surface area contributed by atoms with Crippen molar-refractivity contribution in [1.29, 1.82) is 0 Å². The van der Waals surface area contributed by atoms with Gasteiger partial charge in [0.05, 0.1) is 3.92 Å². The van der Waals surface area contributed by atoms with E-state index in [-0.39, 0.29) is 21.9 Å². The van der Waals surface area contributed by atoms with Crippen molar-refractivity contribution in [2.45, 2.75) is 35.7 Å². The number of likely N-dealkylation sites (tertiary alicyclic amines) is 1. The van der Waals surface area contributed by atoms with E-state index in [0.29, 0.717) is 11.8 Å². The summed E-state index contributed by atoms with van der Waals surface area (Å²) in [6.07, 6.45) is 4.91. The topological polar surface area (TPSA) is 46.6 Å². The van der Waals surface area contributed by atoms with Gasteiger partial charge in [0.1, 0.15) is 11.5 Å². The van der Waals surface area contributed by atoms with Crippen LogP contribution in [0.1, 0.15) is 25.7 Å². The highest BCUT2D eigenvalue weighted by Gasteiger charge is 2.62. The summed E-state index contributed by atoms with van der Waals surface area (Å²) in [5.74, 6) is -0.0269. The maximum Gasteiger partial charge on any atom is 0.319 e. The molecule has 0 aromatic rings. The van der Waals surface area contributed by atoms with Gasteiger partial charge in [-0.2, -0.15) is 0 Å². The van der Waals surface area contributed by atoms with Crippen LogP contribution in [0.15, 0.2) is 11.8 Å². The first-order chi connectivity index (χ1) is 9.11. The molecule has 0 radical (unpaired) electrons. The van der Waals surface area contributed by atoms with Gasteiger partial charge in [-0.3, -0.25) is 9.59 Å². The second-order valence-electron chi connectivity index (χ2n) is 5.23. The summed E-state index contributed by atoms with van der Waals surface area (Å²) in [4.78, 5) is 26.4. The second kappa shape index (κ2) is 5.02. The molecule has 2 aliphatic heterocycles. The highest BCUT2D eigenvalue weighted by molar-refractivity contribution is 14.1. The van der Waals surface area contributed by atoms with Crippen molar-refractivity contribution >= 4 is 50.4 Å². The average Bonchev–Trinajstić information content (AvgIpc) is 2.56. The maximum absolute atomic E-state index is 12.3. The van der Waals surface area contributed by atoms with E-state index in [9.17, 15) is 9.59 Å². The number of carbonyl (C=O) groups excluding carboxylic acids is 2. The van der Waals surface area contributed by atoms with Crippen molar-refractivity contribution in [3.05, 3.63) is 11.8 Å². The lowest BCUT2D eigenvalue weighted by Gasteiger charge is -2.44. The zero-order valence-corrected chi connectivity index (χ0v) is 14.1. The lowest BCUT2D eigenvalue weighted by molar-refractivity contribution is -0.148. The molecule has 2 bridgehead atoms. The van der Waals surface area contributed by atoms with Crippen molar-refractivity contribution in [3.8, 4) is 0 Å². The largest absolute Gasteiger partial charge is 0.460 e. The lowest BCUT2D eigenvalue weighted by Crippen LogP contribution is -2.51. The molecule has 2 saturated heterocycles. The molecule has 2 heterocycles. The Bertz CT molecular complexity index is 467. The molecule has 1 aliphatic carbocycles. The molecule has 104 valence electrons. The van der Waals surface area contributed by atoms with Crippen molar-refractivity contribution in [2.75, 3.05) is 11.9 Å². The minimum atomic E-state index is -0.566. The van der Waals surface area contributed by atoms with Gasteiger partial charge in [0.25, 0.3) is 0 Å². The van der Waals surface area contributed by atoms with Gasteiger partial charge in [-0.25, -0.2) is 0 Å². The minimum Gasteiger partial charge on any atom is -0.460 e. The van der Waals surface area contributed by atoms with Crippen LogP contribution < -0.4 is 0 Å².